The number of ether oxygens (including phenoxy) is 1. The van der Waals surface area contributed by atoms with Crippen LogP contribution in [0.3, 0.4) is 0 Å². The molecule has 3 rings (SSSR count). The lowest BCUT2D eigenvalue weighted by Gasteiger charge is -2.22. The summed E-state index contributed by atoms with van der Waals surface area (Å²) in [4.78, 5) is 13.7. The first-order valence-electron chi connectivity index (χ1n) is 6.97. The molecular weight excluding hydrogens is 262 g/mol. The maximum atomic E-state index is 12.1. The molecule has 0 saturated carbocycles. The van der Waals surface area contributed by atoms with E-state index >= 15 is 0 Å². The van der Waals surface area contributed by atoms with Gasteiger partial charge in [0.2, 0.25) is 0 Å². The molecule has 2 aromatic carbocycles. The van der Waals surface area contributed by atoms with E-state index in [1.165, 1.54) is 5.56 Å². The lowest BCUT2D eigenvalue weighted by atomic mass is 10.1. The highest BCUT2D eigenvalue weighted by molar-refractivity contribution is 5.72. The van der Waals surface area contributed by atoms with E-state index in [2.05, 4.69) is 0 Å². The predicted molar refractivity (Wildman–Crippen MR) is 82.4 cm³/mol. The third kappa shape index (κ3) is 3.14. The van der Waals surface area contributed by atoms with E-state index < -0.39 is 0 Å². The first-order chi connectivity index (χ1) is 10.2. The molecule has 0 N–H and O–H groups in total. The fourth-order valence-corrected chi connectivity index (χ4v) is 2.28. The summed E-state index contributed by atoms with van der Waals surface area (Å²) in [6, 6.07) is 16.0. The minimum atomic E-state index is -0.318. The van der Waals surface area contributed by atoms with Crippen molar-refractivity contribution in [1.29, 1.82) is 0 Å². The van der Waals surface area contributed by atoms with Crippen molar-refractivity contribution in [2.75, 3.05) is 0 Å². The molecule has 1 aliphatic rings. The van der Waals surface area contributed by atoms with Crippen molar-refractivity contribution in [3.05, 3.63) is 77.0 Å². The lowest BCUT2D eigenvalue weighted by molar-refractivity contribution is 0.108. The number of carbonyl (C=O) groups excluding carboxylic acids is 1. The fourth-order valence-electron chi connectivity index (χ4n) is 2.28. The second kappa shape index (κ2) is 5.83. The second-order valence-corrected chi connectivity index (χ2v) is 5.18. The molecule has 1 aliphatic heterocycles. The molecule has 0 aliphatic carbocycles. The van der Waals surface area contributed by atoms with E-state index in [0.29, 0.717) is 13.2 Å². The van der Waals surface area contributed by atoms with E-state index in [4.69, 9.17) is 4.74 Å². The fraction of sp³-hybridized carbons (Fsp3) is 0.167. The van der Waals surface area contributed by atoms with Gasteiger partial charge in [-0.3, -0.25) is 4.90 Å². The van der Waals surface area contributed by atoms with Gasteiger partial charge in [0.25, 0.3) is 0 Å². The van der Waals surface area contributed by atoms with Gasteiger partial charge in [0.05, 0.1) is 6.54 Å². The van der Waals surface area contributed by atoms with E-state index in [9.17, 15) is 4.79 Å². The number of carbonyl (C=O) groups is 1. The number of hydrogen-bond acceptors (Lipinski definition) is 2. The van der Waals surface area contributed by atoms with Gasteiger partial charge in [0, 0.05) is 6.20 Å². The molecule has 0 radical (unpaired) electrons. The Balaban J connectivity index is 1.61. The topological polar surface area (TPSA) is 29.5 Å². The van der Waals surface area contributed by atoms with Crippen LogP contribution in [0.1, 0.15) is 22.3 Å². The molecule has 21 heavy (non-hydrogen) atoms. The van der Waals surface area contributed by atoms with Crippen LogP contribution in [0.25, 0.3) is 6.08 Å². The number of rotatable bonds is 2. The summed E-state index contributed by atoms with van der Waals surface area (Å²) in [6.07, 6.45) is 3.40. The van der Waals surface area contributed by atoms with Gasteiger partial charge in [-0.15, -0.1) is 0 Å². The molecule has 0 fully saturated rings. The third-order valence-corrected chi connectivity index (χ3v) is 3.55. The zero-order valence-electron chi connectivity index (χ0n) is 12.0. The highest BCUT2D eigenvalue weighted by Crippen LogP contribution is 2.20. The molecule has 0 bridgehead atoms. The van der Waals surface area contributed by atoms with Crippen LogP contribution >= 0.6 is 0 Å². The Bertz CT molecular complexity index is 674. The zero-order valence-corrected chi connectivity index (χ0v) is 12.0. The number of fused-ring (bicyclic) bond motifs is 1. The van der Waals surface area contributed by atoms with E-state index in [-0.39, 0.29) is 6.09 Å². The molecule has 3 heteroatoms. The Morgan fingerprint density at radius 1 is 1.14 bits per heavy atom. The lowest BCUT2D eigenvalue weighted by Crippen LogP contribution is -2.27. The summed E-state index contributed by atoms with van der Waals surface area (Å²) >= 11 is 0. The Morgan fingerprint density at radius 3 is 2.71 bits per heavy atom. The number of amides is 1. The highest BCUT2D eigenvalue weighted by Gasteiger charge is 2.17. The minimum Gasteiger partial charge on any atom is -0.444 e. The van der Waals surface area contributed by atoms with Crippen molar-refractivity contribution in [1.82, 2.24) is 4.90 Å². The summed E-state index contributed by atoms with van der Waals surface area (Å²) in [5, 5.41) is 0. The van der Waals surface area contributed by atoms with Crippen molar-refractivity contribution in [3.8, 4) is 0 Å². The van der Waals surface area contributed by atoms with Crippen LogP contribution < -0.4 is 0 Å². The van der Waals surface area contributed by atoms with E-state index in [0.717, 1.165) is 16.7 Å². The monoisotopic (exact) mass is 279 g/mol. The SMILES string of the molecule is Cc1ccc(COC(=O)N2C=Cc3ccccc3C2)cc1. The first kappa shape index (κ1) is 13.4. The third-order valence-electron chi connectivity index (χ3n) is 3.55. The molecule has 0 unspecified atom stereocenters. The number of benzene rings is 2. The normalized spacial score (nSPS) is 12.9. The van der Waals surface area contributed by atoms with E-state index in [1.54, 1.807) is 11.1 Å². The summed E-state index contributed by atoms with van der Waals surface area (Å²) in [5.74, 6) is 0. The molecule has 2 aromatic rings. The number of nitrogens with zero attached hydrogens (tertiary/aromatic N) is 1. The van der Waals surface area contributed by atoms with Gasteiger partial charge in [-0.2, -0.15) is 0 Å². The summed E-state index contributed by atoms with van der Waals surface area (Å²) in [6.45, 7) is 2.89. The van der Waals surface area contributed by atoms with Gasteiger partial charge < -0.3 is 4.74 Å². The molecule has 1 heterocycles. The van der Waals surface area contributed by atoms with Crippen molar-refractivity contribution >= 4 is 12.2 Å². The highest BCUT2D eigenvalue weighted by atomic mass is 16.6. The van der Waals surface area contributed by atoms with E-state index in [1.807, 2.05) is 61.5 Å². The smallest absolute Gasteiger partial charge is 0.414 e. The summed E-state index contributed by atoms with van der Waals surface area (Å²) in [5.41, 5.74) is 4.48. The van der Waals surface area contributed by atoms with Crippen LogP contribution in [0.2, 0.25) is 0 Å². The Labute approximate surface area is 124 Å². The molecule has 3 nitrogen and oxygen atoms in total. The van der Waals surface area contributed by atoms with Crippen LogP contribution in [-0.4, -0.2) is 11.0 Å². The summed E-state index contributed by atoms with van der Waals surface area (Å²) in [7, 11) is 0. The van der Waals surface area contributed by atoms with Gasteiger partial charge in [-0.05, 0) is 29.7 Å². The Kier molecular flexibility index (Phi) is 3.73. The standard InChI is InChI=1S/C18H17NO2/c1-14-6-8-15(9-7-14)13-21-18(20)19-11-10-16-4-2-3-5-17(16)12-19/h2-11H,12-13H2,1H3. The van der Waals surface area contributed by atoms with Crippen molar-refractivity contribution in [2.24, 2.45) is 0 Å². The number of hydrogen-bond donors (Lipinski definition) is 0. The quantitative estimate of drug-likeness (QED) is 0.827. The van der Waals surface area contributed by atoms with Crippen LogP contribution in [0.4, 0.5) is 4.79 Å². The van der Waals surface area contributed by atoms with Gasteiger partial charge in [0.1, 0.15) is 6.61 Å². The molecule has 0 saturated heterocycles. The molecule has 0 atom stereocenters. The molecule has 0 aromatic heterocycles. The van der Waals surface area contributed by atoms with Gasteiger partial charge in [0.15, 0.2) is 0 Å². The largest absolute Gasteiger partial charge is 0.444 e. The Hall–Kier alpha value is -2.55. The van der Waals surface area contributed by atoms with Gasteiger partial charge >= 0.3 is 6.09 Å². The summed E-state index contributed by atoms with van der Waals surface area (Å²) < 4.78 is 5.36. The Morgan fingerprint density at radius 2 is 1.90 bits per heavy atom. The van der Waals surface area contributed by atoms with Crippen molar-refractivity contribution in [3.63, 3.8) is 0 Å². The van der Waals surface area contributed by atoms with Crippen LogP contribution in [-0.2, 0) is 17.9 Å². The number of aryl methyl sites for hydroxylation is 1. The van der Waals surface area contributed by atoms with Crippen molar-refractivity contribution < 1.29 is 9.53 Å². The maximum absolute atomic E-state index is 12.1. The zero-order chi connectivity index (χ0) is 14.7. The average Bonchev–Trinajstić information content (AvgIpc) is 2.53. The predicted octanol–water partition coefficient (Wildman–Crippen LogP) is 4.12. The maximum Gasteiger partial charge on any atom is 0.414 e. The average molecular weight is 279 g/mol. The van der Waals surface area contributed by atoms with Crippen molar-refractivity contribution in [2.45, 2.75) is 20.1 Å². The van der Waals surface area contributed by atoms with Gasteiger partial charge in [-0.25, -0.2) is 4.79 Å². The second-order valence-electron chi connectivity index (χ2n) is 5.18. The molecule has 1 amide bonds. The van der Waals surface area contributed by atoms with Crippen LogP contribution in [0.15, 0.2) is 54.7 Å². The molecule has 0 spiro atoms. The van der Waals surface area contributed by atoms with Crippen LogP contribution in [0, 0.1) is 6.92 Å². The first-order valence-corrected chi connectivity index (χ1v) is 6.97. The molecular formula is C18H17NO2. The van der Waals surface area contributed by atoms with Crippen LogP contribution in [0.5, 0.6) is 0 Å². The molecule has 106 valence electrons. The minimum absolute atomic E-state index is 0.297. The van der Waals surface area contributed by atoms with Gasteiger partial charge in [-0.1, -0.05) is 54.1 Å².